The molecule has 0 aliphatic rings. The van der Waals surface area contributed by atoms with Gasteiger partial charge in [-0.05, 0) is 17.6 Å². The van der Waals surface area contributed by atoms with E-state index in [0.29, 0.717) is 25.2 Å². The number of aliphatic carboxylic acids is 1. The first kappa shape index (κ1) is 20.2. The van der Waals surface area contributed by atoms with Crippen LogP contribution in [0.25, 0.3) is 11.4 Å². The van der Waals surface area contributed by atoms with Crippen LogP contribution < -0.4 is 35.2 Å². The highest BCUT2D eigenvalue weighted by molar-refractivity contribution is 5.72. The van der Waals surface area contributed by atoms with Gasteiger partial charge in [0.05, 0.1) is 0 Å². The van der Waals surface area contributed by atoms with E-state index in [4.69, 9.17) is 10.8 Å². The number of carbonyl (C=O) groups is 1. The highest BCUT2D eigenvalue weighted by Crippen LogP contribution is 2.09. The maximum atomic E-state index is 10.6. The van der Waals surface area contributed by atoms with Crippen molar-refractivity contribution in [3.8, 4) is 11.4 Å². The molecule has 22 heavy (non-hydrogen) atoms. The van der Waals surface area contributed by atoms with E-state index < -0.39 is 12.0 Å². The predicted molar refractivity (Wildman–Crippen MR) is 70.3 cm³/mol. The van der Waals surface area contributed by atoms with Crippen molar-refractivity contribution in [2.24, 2.45) is 5.73 Å². The van der Waals surface area contributed by atoms with Crippen LogP contribution in [0.4, 0.5) is 0 Å². The van der Waals surface area contributed by atoms with E-state index >= 15 is 0 Å². The quantitative estimate of drug-likeness (QED) is 0.505. The molecule has 0 fully saturated rings. The van der Waals surface area contributed by atoms with Crippen LogP contribution in [0.5, 0.6) is 0 Å². The molecule has 3 N–H and O–H groups in total. The minimum absolute atomic E-state index is 0. The summed E-state index contributed by atoms with van der Waals surface area (Å²) < 4.78 is 1.74. The molecular formula is C13H16Cl2N5O2-. The molecular weight excluding hydrogens is 329 g/mol. The number of carboxylic acids is 1. The van der Waals surface area contributed by atoms with Gasteiger partial charge in [0, 0.05) is 30.4 Å². The zero-order valence-electron chi connectivity index (χ0n) is 11.6. The fourth-order valence-corrected chi connectivity index (χ4v) is 1.69. The largest absolute Gasteiger partial charge is 1.00 e. The van der Waals surface area contributed by atoms with Crippen molar-refractivity contribution in [2.75, 3.05) is 0 Å². The Bertz CT molecular complexity index is 568. The Morgan fingerprint density at radius 1 is 1.32 bits per heavy atom. The van der Waals surface area contributed by atoms with Crippen LogP contribution >= 0.6 is 0 Å². The number of rotatable bonds is 6. The van der Waals surface area contributed by atoms with Crippen LogP contribution in [0.2, 0.25) is 0 Å². The second-order valence-corrected chi connectivity index (χ2v) is 4.34. The van der Waals surface area contributed by atoms with Gasteiger partial charge in [0.2, 0.25) is 0 Å². The lowest BCUT2D eigenvalue weighted by atomic mass is 10.2. The standard InChI is InChI=1S/C13H15N5O2.2ClH/c14-11(13(19)20)3-1-7-18-8-4-10(9-17-18)12-15-5-2-6-16-12;;/h2,4-6,8-9,11H,1,3,7,14H2;2*1H/p-1/t11-;;/m0../s1. The number of carboxylic acid groups (broad SMARTS) is 1. The summed E-state index contributed by atoms with van der Waals surface area (Å²) in [7, 11) is 0. The third kappa shape index (κ3) is 5.88. The molecule has 0 saturated carbocycles. The molecule has 0 saturated heterocycles. The zero-order chi connectivity index (χ0) is 14.4. The van der Waals surface area contributed by atoms with Crippen molar-refractivity contribution in [1.29, 1.82) is 0 Å². The molecule has 0 bridgehead atoms. The van der Waals surface area contributed by atoms with Gasteiger partial charge >= 0.3 is 5.97 Å². The van der Waals surface area contributed by atoms with Gasteiger partial charge in [-0.1, -0.05) is 4.68 Å². The monoisotopic (exact) mass is 344 g/mol. The molecule has 7 nitrogen and oxygen atoms in total. The van der Waals surface area contributed by atoms with Crippen molar-refractivity contribution in [1.82, 2.24) is 15.1 Å². The third-order valence-electron chi connectivity index (χ3n) is 2.81. The number of aromatic nitrogens is 4. The number of halogens is 2. The van der Waals surface area contributed by atoms with Crippen molar-refractivity contribution < 1.29 is 39.4 Å². The van der Waals surface area contributed by atoms with Gasteiger partial charge in [0.1, 0.15) is 12.2 Å². The summed E-state index contributed by atoms with van der Waals surface area (Å²) in [6, 6.07) is 2.82. The van der Waals surface area contributed by atoms with Crippen molar-refractivity contribution >= 4 is 5.97 Å². The molecule has 120 valence electrons. The minimum Gasteiger partial charge on any atom is -1.00 e. The maximum Gasteiger partial charge on any atom is 0.320 e. The van der Waals surface area contributed by atoms with E-state index in [1.807, 2.05) is 12.3 Å². The Balaban J connectivity index is 0.00000220. The van der Waals surface area contributed by atoms with Crippen LogP contribution in [-0.4, -0.2) is 32.2 Å². The molecule has 0 amide bonds. The van der Waals surface area contributed by atoms with Gasteiger partial charge in [-0.25, -0.2) is 9.97 Å². The SMILES string of the molecule is N[C@@H](CCC[n+]1ccc(-c2ncccn2)cn1)C(=O)O.[Cl-].[Cl-]. The molecule has 2 heterocycles. The van der Waals surface area contributed by atoms with Crippen LogP contribution in [0.3, 0.4) is 0 Å². The van der Waals surface area contributed by atoms with E-state index in [9.17, 15) is 4.79 Å². The zero-order valence-corrected chi connectivity index (χ0v) is 13.2. The Hall–Kier alpha value is -1.83. The summed E-state index contributed by atoms with van der Waals surface area (Å²) in [5.74, 6) is -0.348. The summed E-state index contributed by atoms with van der Waals surface area (Å²) >= 11 is 0. The molecule has 0 spiro atoms. The molecule has 2 rings (SSSR count). The summed E-state index contributed by atoms with van der Waals surface area (Å²) in [6.07, 6.45) is 7.94. The van der Waals surface area contributed by atoms with Crippen LogP contribution in [0.15, 0.2) is 36.9 Å². The number of aryl methyl sites for hydroxylation is 1. The fourth-order valence-electron chi connectivity index (χ4n) is 1.69. The Labute approximate surface area is 140 Å². The molecule has 0 unspecified atom stereocenters. The van der Waals surface area contributed by atoms with Crippen LogP contribution in [-0.2, 0) is 11.3 Å². The van der Waals surface area contributed by atoms with Gasteiger partial charge < -0.3 is 35.7 Å². The summed E-state index contributed by atoms with van der Waals surface area (Å²) in [4.78, 5) is 18.9. The normalized spacial score (nSPS) is 11.0. The average molecular weight is 345 g/mol. The molecule has 0 aliphatic heterocycles. The highest BCUT2D eigenvalue weighted by Gasteiger charge is 2.12. The minimum atomic E-state index is -0.973. The van der Waals surface area contributed by atoms with E-state index in [-0.39, 0.29) is 24.8 Å². The van der Waals surface area contributed by atoms with Gasteiger partial charge in [-0.3, -0.25) is 4.79 Å². The summed E-state index contributed by atoms with van der Waals surface area (Å²) in [6.45, 7) is 0.622. The lowest BCUT2D eigenvalue weighted by molar-refractivity contribution is -0.754. The van der Waals surface area contributed by atoms with Gasteiger partial charge in [-0.15, -0.1) is 0 Å². The topological polar surface area (TPSA) is 106 Å². The number of nitrogens with zero attached hydrogens (tertiary/aromatic N) is 4. The number of nitrogens with two attached hydrogens (primary N) is 1. The van der Waals surface area contributed by atoms with E-state index in [1.165, 1.54) is 0 Å². The molecule has 0 radical (unpaired) electrons. The number of hydrogen-bond donors (Lipinski definition) is 2. The average Bonchev–Trinajstić information content (AvgIpc) is 2.48. The lowest BCUT2D eigenvalue weighted by Gasteiger charge is -2.03. The van der Waals surface area contributed by atoms with Crippen LogP contribution in [0, 0.1) is 0 Å². The highest BCUT2D eigenvalue weighted by atomic mass is 35.5. The second-order valence-electron chi connectivity index (χ2n) is 4.34. The van der Waals surface area contributed by atoms with Crippen molar-refractivity contribution in [3.63, 3.8) is 0 Å². The summed E-state index contributed by atoms with van der Waals surface area (Å²) in [5, 5.41) is 12.9. The Morgan fingerprint density at radius 2 is 2.00 bits per heavy atom. The molecule has 0 aliphatic carbocycles. The molecule has 2 aromatic heterocycles. The van der Waals surface area contributed by atoms with E-state index in [1.54, 1.807) is 29.3 Å². The first-order valence-corrected chi connectivity index (χ1v) is 6.28. The third-order valence-corrected chi connectivity index (χ3v) is 2.81. The molecule has 0 aromatic carbocycles. The van der Waals surface area contributed by atoms with Gasteiger partial charge in [-0.2, -0.15) is 0 Å². The van der Waals surface area contributed by atoms with E-state index in [0.717, 1.165) is 5.56 Å². The molecule has 1 atom stereocenters. The first-order valence-electron chi connectivity index (χ1n) is 6.28. The predicted octanol–water partition coefficient (Wildman–Crippen LogP) is -5.97. The number of hydrogen-bond acceptors (Lipinski definition) is 5. The summed E-state index contributed by atoms with van der Waals surface area (Å²) in [5.41, 5.74) is 6.27. The van der Waals surface area contributed by atoms with Crippen molar-refractivity contribution in [3.05, 3.63) is 36.9 Å². The van der Waals surface area contributed by atoms with Crippen LogP contribution in [0.1, 0.15) is 12.8 Å². The second kappa shape index (κ2) is 9.99. The lowest BCUT2D eigenvalue weighted by Crippen LogP contribution is -3.00. The van der Waals surface area contributed by atoms with Gasteiger partial charge in [0.25, 0.3) is 0 Å². The first-order chi connectivity index (χ1) is 9.66. The van der Waals surface area contributed by atoms with E-state index in [2.05, 4.69) is 15.1 Å². The maximum absolute atomic E-state index is 10.6. The van der Waals surface area contributed by atoms with Crippen molar-refractivity contribution in [2.45, 2.75) is 25.4 Å². The molecule has 2 aromatic rings. The Kier molecular flexibility index (Phi) is 9.16. The smallest absolute Gasteiger partial charge is 0.320 e. The molecule has 9 heteroatoms. The Morgan fingerprint density at radius 3 is 2.55 bits per heavy atom. The fraction of sp³-hybridized carbons (Fsp3) is 0.308. The van der Waals surface area contributed by atoms with Gasteiger partial charge in [0.15, 0.2) is 18.6 Å².